The van der Waals surface area contributed by atoms with Crippen LogP contribution in [0.5, 0.6) is 0 Å². The minimum absolute atomic E-state index is 0.00253. The van der Waals surface area contributed by atoms with Gasteiger partial charge in [-0.25, -0.2) is 4.79 Å². The average Bonchev–Trinajstić information content (AvgIpc) is 3.47. The van der Waals surface area contributed by atoms with Crippen molar-refractivity contribution in [2.75, 3.05) is 6.54 Å². The van der Waals surface area contributed by atoms with Crippen LogP contribution >= 0.6 is 0 Å². The Morgan fingerprint density at radius 1 is 1.06 bits per heavy atom. The van der Waals surface area contributed by atoms with Crippen molar-refractivity contribution in [2.45, 2.75) is 108 Å². The van der Waals surface area contributed by atoms with Gasteiger partial charge in [-0.3, -0.25) is 4.79 Å². The third kappa shape index (κ3) is 3.57. The molecule has 6 heteroatoms. The van der Waals surface area contributed by atoms with Crippen molar-refractivity contribution in [3.8, 4) is 0 Å². The number of nitrogens with one attached hydrogen (secondary N) is 2. The Morgan fingerprint density at radius 3 is 2.66 bits per heavy atom. The van der Waals surface area contributed by atoms with Crippen LogP contribution in [0.1, 0.15) is 96.0 Å². The predicted molar refractivity (Wildman–Crippen MR) is 134 cm³/mol. The lowest BCUT2D eigenvalue weighted by Gasteiger charge is -2.63. The molecular formula is C29H42N2O4. The molecule has 2 heterocycles. The van der Waals surface area contributed by atoms with E-state index in [2.05, 4.69) is 24.5 Å². The van der Waals surface area contributed by atoms with E-state index in [0.717, 1.165) is 82.7 Å². The number of carbonyl (C=O) groups is 1. The summed E-state index contributed by atoms with van der Waals surface area (Å²) in [6.07, 6.45) is 13.1. The van der Waals surface area contributed by atoms with Crippen LogP contribution in [0.4, 0.5) is 0 Å². The molecule has 3 N–H and O–H groups in total. The Bertz CT molecular complexity index is 1010. The molecule has 5 fully saturated rings. The highest BCUT2D eigenvalue weighted by molar-refractivity contribution is 5.82. The standard InChI is InChI=1S/C29H42N2O4/c1-27-12-9-20(31-26(33)24-4-3-15-30-24)16-19(27)6-7-23-22(27)10-13-28(2)21(11-14-29(23,28)34)18-5-8-25(32)35-17-18/h5,8,17,19-24,30,34H,3-4,6-7,9-16H2,1-2H3,(H,31,33)/t19-,20+,21-,22+,23-,24?,27+,28-,29+/m1/s1. The molecule has 1 saturated heterocycles. The van der Waals surface area contributed by atoms with Crippen LogP contribution in [-0.4, -0.2) is 35.2 Å². The molecule has 6 rings (SSSR count). The molecule has 0 aromatic carbocycles. The molecule has 0 spiro atoms. The van der Waals surface area contributed by atoms with Gasteiger partial charge in [0, 0.05) is 17.5 Å². The summed E-state index contributed by atoms with van der Waals surface area (Å²) >= 11 is 0. The van der Waals surface area contributed by atoms with Crippen LogP contribution in [-0.2, 0) is 4.79 Å². The molecule has 1 unspecified atom stereocenters. The first-order valence-corrected chi connectivity index (χ1v) is 14.1. The Balaban J connectivity index is 1.19. The van der Waals surface area contributed by atoms with Gasteiger partial charge in [0.2, 0.25) is 5.91 Å². The molecule has 1 aliphatic heterocycles. The molecule has 0 radical (unpaired) electrons. The molecule has 5 aliphatic rings. The van der Waals surface area contributed by atoms with Crippen LogP contribution in [0.2, 0.25) is 0 Å². The van der Waals surface area contributed by atoms with Crippen molar-refractivity contribution in [3.05, 3.63) is 34.4 Å². The molecule has 1 aromatic rings. The summed E-state index contributed by atoms with van der Waals surface area (Å²) in [7, 11) is 0. The second kappa shape index (κ2) is 8.44. The zero-order valence-corrected chi connectivity index (χ0v) is 21.4. The van der Waals surface area contributed by atoms with E-state index in [-0.39, 0.29) is 34.3 Å². The topological polar surface area (TPSA) is 91.6 Å². The van der Waals surface area contributed by atoms with E-state index in [9.17, 15) is 14.7 Å². The first-order chi connectivity index (χ1) is 16.7. The molecule has 6 nitrogen and oxygen atoms in total. The third-order valence-corrected chi connectivity index (χ3v) is 11.7. The highest BCUT2D eigenvalue weighted by Gasteiger charge is 2.67. The van der Waals surface area contributed by atoms with E-state index < -0.39 is 5.60 Å². The van der Waals surface area contributed by atoms with Crippen LogP contribution in [0.25, 0.3) is 0 Å². The molecular weight excluding hydrogens is 440 g/mol. The summed E-state index contributed by atoms with van der Waals surface area (Å²) < 4.78 is 5.22. The van der Waals surface area contributed by atoms with E-state index in [0.29, 0.717) is 23.8 Å². The highest BCUT2D eigenvalue weighted by atomic mass is 16.4. The van der Waals surface area contributed by atoms with Crippen molar-refractivity contribution in [2.24, 2.45) is 28.6 Å². The van der Waals surface area contributed by atoms with Gasteiger partial charge in [0.05, 0.1) is 17.9 Å². The van der Waals surface area contributed by atoms with Gasteiger partial charge in [0.25, 0.3) is 0 Å². The Hall–Kier alpha value is -1.66. The van der Waals surface area contributed by atoms with Gasteiger partial charge >= 0.3 is 5.63 Å². The monoisotopic (exact) mass is 482 g/mol. The van der Waals surface area contributed by atoms with Gasteiger partial charge in [-0.2, -0.15) is 0 Å². The molecule has 4 aliphatic carbocycles. The van der Waals surface area contributed by atoms with Gasteiger partial charge in [-0.05, 0) is 118 Å². The normalized spacial score (nSPS) is 46.9. The minimum Gasteiger partial charge on any atom is -0.431 e. The van der Waals surface area contributed by atoms with E-state index in [1.165, 1.54) is 6.07 Å². The maximum atomic E-state index is 12.7. The van der Waals surface area contributed by atoms with Gasteiger partial charge in [-0.15, -0.1) is 0 Å². The Morgan fingerprint density at radius 2 is 1.91 bits per heavy atom. The first kappa shape index (κ1) is 23.7. The fourth-order valence-corrected chi connectivity index (χ4v) is 9.67. The average molecular weight is 483 g/mol. The van der Waals surface area contributed by atoms with Crippen molar-refractivity contribution < 1.29 is 14.3 Å². The molecule has 0 bridgehead atoms. The molecule has 1 aromatic heterocycles. The Labute approximate surface area is 208 Å². The fourth-order valence-electron chi connectivity index (χ4n) is 9.67. The maximum absolute atomic E-state index is 12.7. The quantitative estimate of drug-likeness (QED) is 0.603. The number of fused-ring (bicyclic) bond motifs is 5. The summed E-state index contributed by atoms with van der Waals surface area (Å²) in [5.74, 6) is 1.92. The summed E-state index contributed by atoms with van der Waals surface area (Å²) in [6, 6.07) is 3.72. The van der Waals surface area contributed by atoms with Crippen molar-refractivity contribution >= 4 is 5.91 Å². The molecule has 9 atom stereocenters. The van der Waals surface area contributed by atoms with Gasteiger partial charge in [0.1, 0.15) is 0 Å². The molecule has 4 saturated carbocycles. The largest absolute Gasteiger partial charge is 0.431 e. The lowest BCUT2D eigenvalue weighted by atomic mass is 9.43. The first-order valence-electron chi connectivity index (χ1n) is 14.1. The summed E-state index contributed by atoms with van der Waals surface area (Å²) in [4.78, 5) is 24.2. The zero-order valence-electron chi connectivity index (χ0n) is 21.4. The fraction of sp³-hybridized carbons (Fsp3) is 0.793. The lowest BCUT2D eigenvalue weighted by molar-refractivity contribution is -0.202. The maximum Gasteiger partial charge on any atom is 0.335 e. The number of hydrogen-bond acceptors (Lipinski definition) is 5. The third-order valence-electron chi connectivity index (χ3n) is 11.7. The number of rotatable bonds is 3. The van der Waals surface area contributed by atoms with E-state index in [4.69, 9.17) is 4.42 Å². The second-order valence-electron chi connectivity index (χ2n) is 13.0. The van der Waals surface area contributed by atoms with Crippen molar-refractivity contribution in [1.29, 1.82) is 0 Å². The van der Waals surface area contributed by atoms with E-state index in [1.807, 2.05) is 6.07 Å². The van der Waals surface area contributed by atoms with E-state index in [1.54, 1.807) is 6.26 Å². The Kier molecular flexibility index (Phi) is 5.72. The van der Waals surface area contributed by atoms with Gasteiger partial charge in [0.15, 0.2) is 0 Å². The zero-order chi connectivity index (χ0) is 24.4. The van der Waals surface area contributed by atoms with Crippen molar-refractivity contribution in [1.82, 2.24) is 10.6 Å². The summed E-state index contributed by atoms with van der Waals surface area (Å²) in [5.41, 5.74) is 0.147. The number of aliphatic hydroxyl groups is 1. The lowest BCUT2D eigenvalue weighted by Crippen LogP contribution is -2.62. The van der Waals surface area contributed by atoms with E-state index >= 15 is 0 Å². The van der Waals surface area contributed by atoms with Crippen molar-refractivity contribution in [3.63, 3.8) is 0 Å². The summed E-state index contributed by atoms with van der Waals surface area (Å²) in [5, 5.41) is 19.1. The smallest absolute Gasteiger partial charge is 0.335 e. The van der Waals surface area contributed by atoms with Crippen LogP contribution < -0.4 is 16.3 Å². The van der Waals surface area contributed by atoms with Gasteiger partial charge < -0.3 is 20.2 Å². The number of hydrogen-bond donors (Lipinski definition) is 3. The highest BCUT2D eigenvalue weighted by Crippen LogP contribution is 2.70. The number of carbonyl (C=O) groups excluding carboxylic acids is 1. The summed E-state index contributed by atoms with van der Waals surface area (Å²) in [6.45, 7) is 5.74. The molecule has 35 heavy (non-hydrogen) atoms. The van der Waals surface area contributed by atoms with Crippen LogP contribution in [0, 0.1) is 28.6 Å². The van der Waals surface area contributed by atoms with Gasteiger partial charge in [-0.1, -0.05) is 13.8 Å². The number of amides is 1. The predicted octanol–water partition coefficient (Wildman–Crippen LogP) is 4.12. The second-order valence-corrected chi connectivity index (χ2v) is 13.0. The SMILES string of the molecule is C[C@]12CC[C@H](NC(=O)C3CCCN3)C[C@H]1CC[C@@H]1[C@@H]2CC[C@]2(C)[C@@H](c3ccc(=O)oc3)CC[C@]12O. The minimum atomic E-state index is -0.663. The van der Waals surface area contributed by atoms with Crippen LogP contribution in [0.3, 0.4) is 0 Å². The molecule has 192 valence electrons. The molecule has 1 amide bonds. The van der Waals surface area contributed by atoms with Crippen LogP contribution in [0.15, 0.2) is 27.6 Å².